The molecule has 1 amide bonds. The van der Waals surface area contributed by atoms with E-state index in [0.29, 0.717) is 12.6 Å². The van der Waals surface area contributed by atoms with E-state index in [1.165, 1.54) is 31.0 Å². The number of piperazine rings is 1. The molecular weight excluding hydrogens is 478 g/mol. The number of carbonyl (C=O) groups excluding carboxylic acids is 1. The molecule has 194 valence electrons. The Morgan fingerprint density at radius 2 is 1.67 bits per heavy atom. The van der Waals surface area contributed by atoms with Gasteiger partial charge in [-0.05, 0) is 81.4 Å². The number of amides is 1. The summed E-state index contributed by atoms with van der Waals surface area (Å²) in [6, 6.07) is 13.6. The Balaban J connectivity index is 1.24. The zero-order valence-corrected chi connectivity index (χ0v) is 21.8. The molecule has 3 saturated heterocycles. The van der Waals surface area contributed by atoms with Crippen LogP contribution in [0.2, 0.25) is 0 Å². The molecule has 3 fully saturated rings. The zero-order chi connectivity index (χ0) is 25.1. The molecule has 0 spiro atoms. The molecule has 8 heteroatoms. The van der Waals surface area contributed by atoms with Crippen LogP contribution in [0.25, 0.3) is 0 Å². The quantitative estimate of drug-likeness (QED) is 0.583. The Bertz CT molecular complexity index is 1020. The smallest absolute Gasteiger partial charge is 0.240 e. The number of carbonyl (C=O) groups is 1. The number of halogens is 2. The molecule has 0 bridgehead atoms. The van der Waals surface area contributed by atoms with Crippen LogP contribution in [0.5, 0.6) is 0 Å². The van der Waals surface area contributed by atoms with Crippen LogP contribution in [-0.4, -0.2) is 95.7 Å². The van der Waals surface area contributed by atoms with Gasteiger partial charge in [-0.3, -0.25) is 14.6 Å². The van der Waals surface area contributed by atoms with Crippen molar-refractivity contribution >= 4 is 17.7 Å². The number of rotatable bonds is 6. The lowest BCUT2D eigenvalue weighted by molar-refractivity contribution is -0.138. The fourth-order valence-corrected chi connectivity index (χ4v) is 7.05. The topological polar surface area (TPSA) is 30.0 Å². The molecule has 5 nitrogen and oxygen atoms in total. The summed E-state index contributed by atoms with van der Waals surface area (Å²) < 4.78 is 27.2. The van der Waals surface area contributed by atoms with Gasteiger partial charge in [0, 0.05) is 55.5 Å². The fourth-order valence-electron chi connectivity index (χ4n) is 5.83. The van der Waals surface area contributed by atoms with Gasteiger partial charge in [0.25, 0.3) is 0 Å². The predicted octanol–water partition coefficient (Wildman–Crippen LogP) is 3.94. The first-order chi connectivity index (χ1) is 17.4. The molecule has 0 radical (unpaired) electrons. The molecule has 2 aromatic rings. The first-order valence-corrected chi connectivity index (χ1v) is 13.9. The van der Waals surface area contributed by atoms with Gasteiger partial charge >= 0.3 is 0 Å². The molecule has 2 atom stereocenters. The van der Waals surface area contributed by atoms with E-state index >= 15 is 0 Å². The van der Waals surface area contributed by atoms with E-state index in [4.69, 9.17) is 0 Å². The summed E-state index contributed by atoms with van der Waals surface area (Å²) in [7, 11) is 2.19. The lowest BCUT2D eigenvalue weighted by Gasteiger charge is -2.43. The second kappa shape index (κ2) is 11.6. The largest absolute Gasteiger partial charge is 0.339 e. The second-order valence-corrected chi connectivity index (χ2v) is 11.8. The van der Waals surface area contributed by atoms with Crippen LogP contribution in [0, 0.1) is 11.6 Å². The highest BCUT2D eigenvalue weighted by Gasteiger charge is 2.40. The third kappa shape index (κ3) is 6.28. The molecule has 2 aromatic carbocycles. The second-order valence-electron chi connectivity index (χ2n) is 10.4. The van der Waals surface area contributed by atoms with Crippen molar-refractivity contribution in [2.45, 2.75) is 48.0 Å². The fraction of sp³-hybridized carbons (Fsp3) is 0.536. The minimum Gasteiger partial charge on any atom is -0.339 e. The summed E-state index contributed by atoms with van der Waals surface area (Å²) in [5.74, 6) is -0.306. The minimum absolute atomic E-state index is 0.191. The third-order valence-corrected chi connectivity index (χ3v) is 9.09. The Kier molecular flexibility index (Phi) is 8.25. The van der Waals surface area contributed by atoms with Crippen molar-refractivity contribution in [1.82, 2.24) is 19.6 Å². The third-order valence-electron chi connectivity index (χ3n) is 7.87. The predicted molar refractivity (Wildman–Crippen MR) is 140 cm³/mol. The molecule has 0 saturated carbocycles. The number of nitrogens with zero attached hydrogens (tertiary/aromatic N) is 4. The minimum atomic E-state index is -0.253. The summed E-state index contributed by atoms with van der Waals surface area (Å²) in [6.45, 7) is 6.99. The summed E-state index contributed by atoms with van der Waals surface area (Å²) in [5, 5.41) is 0.221. The molecule has 3 aliphatic heterocycles. The number of hydrogen-bond acceptors (Lipinski definition) is 5. The lowest BCUT2D eigenvalue weighted by Crippen LogP contribution is -2.56. The lowest BCUT2D eigenvalue weighted by atomic mass is 10.0. The molecule has 0 aromatic heterocycles. The van der Waals surface area contributed by atoms with Crippen molar-refractivity contribution in [3.63, 3.8) is 0 Å². The molecular formula is C28H36F2N4OS. The normalized spacial score (nSPS) is 24.9. The molecule has 0 aliphatic carbocycles. The van der Waals surface area contributed by atoms with Crippen molar-refractivity contribution in [2.24, 2.45) is 0 Å². The number of hydrogen-bond donors (Lipinski definition) is 0. The molecule has 0 N–H and O–H groups in total. The summed E-state index contributed by atoms with van der Waals surface area (Å²) >= 11 is 1.70. The Morgan fingerprint density at radius 1 is 0.944 bits per heavy atom. The van der Waals surface area contributed by atoms with Gasteiger partial charge in [0.2, 0.25) is 5.91 Å². The average molecular weight is 515 g/mol. The van der Waals surface area contributed by atoms with Gasteiger partial charge in [0.15, 0.2) is 0 Å². The Hall–Kier alpha value is -2.00. The molecule has 3 heterocycles. The average Bonchev–Trinajstić information content (AvgIpc) is 3.27. The summed E-state index contributed by atoms with van der Waals surface area (Å²) in [5.41, 5.74) is 0.882. The van der Waals surface area contributed by atoms with Crippen LogP contribution in [0.4, 0.5) is 8.78 Å². The number of likely N-dealkylation sites (tertiary alicyclic amines) is 2. The van der Waals surface area contributed by atoms with Gasteiger partial charge in [-0.15, -0.1) is 11.8 Å². The van der Waals surface area contributed by atoms with Gasteiger partial charge in [-0.2, -0.15) is 0 Å². The van der Waals surface area contributed by atoms with E-state index in [-0.39, 0.29) is 28.8 Å². The monoisotopic (exact) mass is 514 g/mol. The maximum absolute atomic E-state index is 13.9. The van der Waals surface area contributed by atoms with Gasteiger partial charge in [-0.1, -0.05) is 12.1 Å². The van der Waals surface area contributed by atoms with Crippen LogP contribution < -0.4 is 0 Å². The van der Waals surface area contributed by atoms with Crippen LogP contribution >= 0.6 is 11.8 Å². The van der Waals surface area contributed by atoms with Gasteiger partial charge in [-0.25, -0.2) is 8.78 Å². The summed E-state index contributed by atoms with van der Waals surface area (Å²) in [6.07, 6.45) is 3.15. The van der Waals surface area contributed by atoms with Gasteiger partial charge < -0.3 is 9.80 Å². The van der Waals surface area contributed by atoms with E-state index in [2.05, 4.69) is 21.7 Å². The first-order valence-electron chi connectivity index (χ1n) is 13.1. The Labute approximate surface area is 217 Å². The number of piperidine rings is 1. The highest BCUT2D eigenvalue weighted by Crippen LogP contribution is 2.35. The van der Waals surface area contributed by atoms with E-state index in [1.807, 2.05) is 11.0 Å². The highest BCUT2D eigenvalue weighted by atomic mass is 32.2. The van der Waals surface area contributed by atoms with Crippen molar-refractivity contribution in [2.75, 3.05) is 52.9 Å². The van der Waals surface area contributed by atoms with E-state index in [1.54, 1.807) is 36.0 Å². The standard InChI is InChI=1S/C28H36F2N4OS/c1-31-11-9-24(10-12-31)32-13-15-33(16-14-32)28(35)27-18-26(36-25-7-5-22(29)6-8-25)20-34(27)19-21-3-2-4-23(30)17-21/h2-8,17,24,26-27H,9-16,18-20H2,1H3/t26-,27+/m1/s1. The Morgan fingerprint density at radius 3 is 2.36 bits per heavy atom. The van der Waals surface area contributed by atoms with Crippen LogP contribution in [0.1, 0.15) is 24.8 Å². The SMILES string of the molecule is CN1CCC(N2CCN(C(=O)[C@@H]3C[C@@H](Sc4ccc(F)cc4)CN3Cc3cccc(F)c3)CC2)CC1. The first kappa shape index (κ1) is 25.6. The van der Waals surface area contributed by atoms with Crippen molar-refractivity contribution < 1.29 is 13.6 Å². The van der Waals surface area contributed by atoms with Crippen molar-refractivity contribution in [3.8, 4) is 0 Å². The van der Waals surface area contributed by atoms with Crippen molar-refractivity contribution in [1.29, 1.82) is 0 Å². The molecule has 3 aliphatic rings. The maximum Gasteiger partial charge on any atom is 0.240 e. The number of benzene rings is 2. The zero-order valence-electron chi connectivity index (χ0n) is 21.0. The van der Waals surface area contributed by atoms with E-state index in [0.717, 1.165) is 62.7 Å². The van der Waals surface area contributed by atoms with Gasteiger partial charge in [0.1, 0.15) is 11.6 Å². The maximum atomic E-state index is 13.9. The molecule has 0 unspecified atom stereocenters. The van der Waals surface area contributed by atoms with Crippen LogP contribution in [-0.2, 0) is 11.3 Å². The summed E-state index contributed by atoms with van der Waals surface area (Å²) in [4.78, 5) is 24.0. The van der Waals surface area contributed by atoms with Gasteiger partial charge in [0.05, 0.1) is 6.04 Å². The highest BCUT2D eigenvalue weighted by molar-refractivity contribution is 8.00. The molecule has 5 rings (SSSR count). The van der Waals surface area contributed by atoms with E-state index in [9.17, 15) is 13.6 Å². The number of thioether (sulfide) groups is 1. The molecule has 36 heavy (non-hydrogen) atoms. The van der Waals surface area contributed by atoms with E-state index < -0.39 is 0 Å². The van der Waals surface area contributed by atoms with Crippen LogP contribution in [0.3, 0.4) is 0 Å². The van der Waals surface area contributed by atoms with Crippen LogP contribution in [0.15, 0.2) is 53.4 Å². The van der Waals surface area contributed by atoms with Crippen molar-refractivity contribution in [3.05, 3.63) is 65.7 Å².